The van der Waals surface area contributed by atoms with Gasteiger partial charge in [-0.15, -0.1) is 0 Å². The van der Waals surface area contributed by atoms with Crippen LogP contribution in [0.15, 0.2) is 71.5 Å². The number of furan rings is 1. The van der Waals surface area contributed by atoms with E-state index in [0.717, 1.165) is 44.4 Å². The van der Waals surface area contributed by atoms with Gasteiger partial charge in [0, 0.05) is 34.3 Å². The maximum atomic E-state index is 12.6. The number of nitrogens with one attached hydrogen (secondary N) is 1. The SMILES string of the molecule is COc1c(/C(C)=C/C(=O)Nc2ncccc2C)cc2c(-c3ccccc3)coc2c1C. The molecule has 0 saturated carbocycles. The van der Waals surface area contributed by atoms with Crippen molar-refractivity contribution in [1.29, 1.82) is 0 Å². The van der Waals surface area contributed by atoms with Gasteiger partial charge in [-0.2, -0.15) is 0 Å². The number of fused-ring (bicyclic) bond motifs is 1. The van der Waals surface area contributed by atoms with Crippen molar-refractivity contribution in [3.05, 3.63) is 83.8 Å². The van der Waals surface area contributed by atoms with Gasteiger partial charge in [0.1, 0.15) is 17.2 Å². The molecule has 0 unspecified atom stereocenters. The van der Waals surface area contributed by atoms with Gasteiger partial charge in [0.15, 0.2) is 0 Å². The van der Waals surface area contributed by atoms with E-state index < -0.39 is 0 Å². The molecule has 4 rings (SSSR count). The van der Waals surface area contributed by atoms with Crippen LogP contribution in [0.1, 0.15) is 23.6 Å². The lowest BCUT2D eigenvalue weighted by atomic mass is 9.96. The van der Waals surface area contributed by atoms with E-state index in [9.17, 15) is 4.79 Å². The van der Waals surface area contributed by atoms with Gasteiger partial charge in [0.2, 0.25) is 5.91 Å². The summed E-state index contributed by atoms with van der Waals surface area (Å²) in [4.78, 5) is 16.9. The number of aromatic nitrogens is 1. The molecule has 0 fully saturated rings. The smallest absolute Gasteiger partial charge is 0.249 e. The highest BCUT2D eigenvalue weighted by Gasteiger charge is 2.18. The summed E-state index contributed by atoms with van der Waals surface area (Å²) >= 11 is 0. The van der Waals surface area contributed by atoms with Crippen molar-refractivity contribution in [2.75, 3.05) is 12.4 Å². The Morgan fingerprint density at radius 3 is 2.61 bits per heavy atom. The number of carbonyl (C=O) groups excluding carboxylic acids is 1. The summed E-state index contributed by atoms with van der Waals surface area (Å²) in [5, 5.41) is 3.83. The van der Waals surface area contributed by atoms with Crippen LogP contribution in [0.3, 0.4) is 0 Å². The average Bonchev–Trinajstić information content (AvgIpc) is 3.20. The number of anilines is 1. The van der Waals surface area contributed by atoms with Crippen LogP contribution in [0.25, 0.3) is 27.7 Å². The first-order valence-corrected chi connectivity index (χ1v) is 10.0. The van der Waals surface area contributed by atoms with Gasteiger partial charge >= 0.3 is 0 Å². The Labute approximate surface area is 181 Å². The number of methoxy groups -OCH3 is 1. The van der Waals surface area contributed by atoms with Gasteiger partial charge in [-0.25, -0.2) is 4.98 Å². The van der Waals surface area contributed by atoms with E-state index in [0.29, 0.717) is 11.6 Å². The highest BCUT2D eigenvalue weighted by molar-refractivity contribution is 6.05. The van der Waals surface area contributed by atoms with Crippen molar-refractivity contribution in [3.8, 4) is 16.9 Å². The summed E-state index contributed by atoms with van der Waals surface area (Å²) in [6.45, 7) is 5.77. The lowest BCUT2D eigenvalue weighted by molar-refractivity contribution is -0.111. The molecular weight excluding hydrogens is 388 g/mol. The standard InChI is InChI=1S/C26H24N2O3/c1-16-9-8-12-27-26(16)28-23(29)13-17(2)20-14-21-22(19-10-6-5-7-11-19)15-31-25(21)18(3)24(20)30-4/h5-15H,1-4H3,(H,27,28,29)/b17-13+. The number of nitrogens with zero attached hydrogens (tertiary/aromatic N) is 1. The van der Waals surface area contributed by atoms with Crippen molar-refractivity contribution in [3.63, 3.8) is 0 Å². The average molecular weight is 412 g/mol. The molecule has 5 nitrogen and oxygen atoms in total. The third-order valence-electron chi connectivity index (χ3n) is 5.36. The number of pyridine rings is 1. The minimum Gasteiger partial charge on any atom is -0.496 e. The fraction of sp³-hybridized carbons (Fsp3) is 0.154. The first kappa shape index (κ1) is 20.4. The summed E-state index contributed by atoms with van der Waals surface area (Å²) < 4.78 is 11.6. The number of carbonyl (C=O) groups is 1. The van der Waals surface area contributed by atoms with E-state index in [1.54, 1.807) is 25.6 Å². The molecule has 0 spiro atoms. The summed E-state index contributed by atoms with van der Waals surface area (Å²) in [6.07, 6.45) is 4.99. The van der Waals surface area contributed by atoms with Crippen molar-refractivity contribution in [2.24, 2.45) is 0 Å². The molecule has 0 radical (unpaired) electrons. The van der Waals surface area contributed by atoms with Gasteiger partial charge < -0.3 is 14.5 Å². The second-order valence-corrected chi connectivity index (χ2v) is 7.46. The van der Waals surface area contributed by atoms with Crippen LogP contribution < -0.4 is 10.1 Å². The predicted molar refractivity (Wildman–Crippen MR) is 124 cm³/mol. The van der Waals surface area contributed by atoms with Gasteiger partial charge in [-0.3, -0.25) is 4.79 Å². The molecule has 0 bridgehead atoms. The lowest BCUT2D eigenvalue weighted by Crippen LogP contribution is -2.11. The number of ether oxygens (including phenoxy) is 1. The highest BCUT2D eigenvalue weighted by atomic mass is 16.5. The topological polar surface area (TPSA) is 64.4 Å². The Morgan fingerprint density at radius 2 is 1.90 bits per heavy atom. The van der Waals surface area contributed by atoms with Crippen molar-refractivity contribution >= 4 is 28.3 Å². The second kappa shape index (κ2) is 8.48. The number of allylic oxidation sites excluding steroid dienone is 1. The molecule has 2 aromatic carbocycles. The monoisotopic (exact) mass is 412 g/mol. The maximum Gasteiger partial charge on any atom is 0.249 e. The molecule has 31 heavy (non-hydrogen) atoms. The van der Waals surface area contributed by atoms with Crippen LogP contribution >= 0.6 is 0 Å². The van der Waals surface area contributed by atoms with Crippen molar-refractivity contribution in [1.82, 2.24) is 4.98 Å². The number of aryl methyl sites for hydroxylation is 2. The molecule has 0 aliphatic carbocycles. The predicted octanol–water partition coefficient (Wildman–Crippen LogP) is 6.16. The van der Waals surface area contributed by atoms with E-state index in [1.165, 1.54) is 0 Å². The molecule has 4 aromatic rings. The first-order chi connectivity index (χ1) is 15.0. The molecule has 0 atom stereocenters. The number of amides is 1. The van der Waals surface area contributed by atoms with E-state index in [2.05, 4.69) is 22.4 Å². The molecule has 1 N–H and O–H groups in total. The van der Waals surface area contributed by atoms with Crippen LogP contribution in [0.2, 0.25) is 0 Å². The molecule has 1 amide bonds. The lowest BCUT2D eigenvalue weighted by Gasteiger charge is -2.13. The van der Waals surface area contributed by atoms with E-state index >= 15 is 0 Å². The van der Waals surface area contributed by atoms with E-state index in [-0.39, 0.29) is 5.91 Å². The van der Waals surface area contributed by atoms with Gasteiger partial charge in [0.25, 0.3) is 0 Å². The third-order valence-corrected chi connectivity index (χ3v) is 5.36. The number of hydrogen-bond acceptors (Lipinski definition) is 4. The molecule has 2 heterocycles. The van der Waals surface area contributed by atoms with Crippen LogP contribution in [0.4, 0.5) is 5.82 Å². The molecular formula is C26H24N2O3. The normalized spacial score (nSPS) is 11.5. The molecule has 5 heteroatoms. The Bertz CT molecular complexity index is 1290. The maximum absolute atomic E-state index is 12.6. The van der Waals surface area contributed by atoms with Gasteiger partial charge in [-0.05, 0) is 49.6 Å². The molecule has 0 saturated heterocycles. The van der Waals surface area contributed by atoms with Crippen molar-refractivity contribution in [2.45, 2.75) is 20.8 Å². The number of benzene rings is 2. The fourth-order valence-electron chi connectivity index (χ4n) is 3.76. The van der Waals surface area contributed by atoms with Gasteiger partial charge in [-0.1, -0.05) is 36.4 Å². The largest absolute Gasteiger partial charge is 0.496 e. The van der Waals surface area contributed by atoms with Crippen molar-refractivity contribution < 1.29 is 13.9 Å². The summed E-state index contributed by atoms with van der Waals surface area (Å²) in [5.41, 5.74) is 6.28. The van der Waals surface area contributed by atoms with Crippen LogP contribution in [0.5, 0.6) is 5.75 Å². The third kappa shape index (κ3) is 3.94. The zero-order valence-electron chi connectivity index (χ0n) is 18.0. The Morgan fingerprint density at radius 1 is 1.13 bits per heavy atom. The summed E-state index contributed by atoms with van der Waals surface area (Å²) in [6, 6.07) is 15.9. The van der Waals surface area contributed by atoms with E-state index in [4.69, 9.17) is 9.15 Å². The summed E-state index contributed by atoms with van der Waals surface area (Å²) in [7, 11) is 1.63. The zero-order chi connectivity index (χ0) is 22.0. The zero-order valence-corrected chi connectivity index (χ0v) is 18.0. The molecule has 2 aromatic heterocycles. The summed E-state index contributed by atoms with van der Waals surface area (Å²) in [5.74, 6) is 1.00. The Balaban J connectivity index is 1.77. The Kier molecular flexibility index (Phi) is 5.58. The quantitative estimate of drug-likeness (QED) is 0.399. The highest BCUT2D eigenvalue weighted by Crippen LogP contribution is 2.40. The molecule has 0 aliphatic heterocycles. The van der Waals surface area contributed by atoms with Gasteiger partial charge in [0.05, 0.1) is 13.4 Å². The first-order valence-electron chi connectivity index (χ1n) is 10.0. The molecule has 0 aliphatic rings. The number of hydrogen-bond donors (Lipinski definition) is 1. The van der Waals surface area contributed by atoms with E-state index in [1.807, 2.05) is 57.2 Å². The van der Waals surface area contributed by atoms with Crippen LogP contribution in [-0.2, 0) is 4.79 Å². The Hall–Kier alpha value is -3.86. The van der Waals surface area contributed by atoms with Crippen LogP contribution in [-0.4, -0.2) is 18.0 Å². The molecule has 156 valence electrons. The number of rotatable bonds is 5. The fourth-order valence-corrected chi connectivity index (χ4v) is 3.76. The minimum atomic E-state index is -0.241. The minimum absolute atomic E-state index is 0.241. The van der Waals surface area contributed by atoms with Crippen LogP contribution in [0, 0.1) is 13.8 Å². The second-order valence-electron chi connectivity index (χ2n) is 7.46.